The van der Waals surface area contributed by atoms with Crippen LogP contribution in [0.15, 0.2) is 41.6 Å². The molecule has 32 heavy (non-hydrogen) atoms. The Morgan fingerprint density at radius 3 is 2.12 bits per heavy atom. The molecule has 0 saturated carbocycles. The fraction of sp³-hybridized carbons (Fsp3) is 0.261. The van der Waals surface area contributed by atoms with Gasteiger partial charge in [0.25, 0.3) is 0 Å². The van der Waals surface area contributed by atoms with Gasteiger partial charge in [-0.3, -0.25) is 0 Å². The first-order chi connectivity index (χ1) is 15.4. The highest BCUT2D eigenvalue weighted by Gasteiger charge is 2.21. The van der Waals surface area contributed by atoms with Crippen molar-refractivity contribution in [2.45, 2.75) is 24.3 Å². The second kappa shape index (κ2) is 10.4. The van der Waals surface area contributed by atoms with Crippen molar-refractivity contribution in [2.75, 3.05) is 26.6 Å². The zero-order valence-electron chi connectivity index (χ0n) is 18.4. The third kappa shape index (κ3) is 5.18. The Morgan fingerprint density at radius 2 is 1.62 bits per heavy atom. The number of hydrogen-bond donors (Lipinski definition) is 1. The van der Waals surface area contributed by atoms with Crippen LogP contribution in [-0.2, 0) is 0 Å². The molecule has 0 atom stereocenters. The maximum absolute atomic E-state index is 10.0. The molecule has 3 rings (SSSR count). The topological polar surface area (TPSA) is 89.3 Å². The highest BCUT2D eigenvalue weighted by molar-refractivity contribution is 7.99. The average Bonchev–Trinajstić information content (AvgIpc) is 2.78. The van der Waals surface area contributed by atoms with E-state index in [1.165, 1.54) is 18.9 Å². The molecule has 0 aliphatic carbocycles. The van der Waals surface area contributed by atoms with Gasteiger partial charge < -0.3 is 19.5 Å². The van der Waals surface area contributed by atoms with Gasteiger partial charge in [0.1, 0.15) is 11.6 Å². The summed E-state index contributed by atoms with van der Waals surface area (Å²) in [6, 6.07) is 12.9. The lowest BCUT2D eigenvalue weighted by atomic mass is 10.1. The number of methoxy groups -OCH3 is 3. The van der Waals surface area contributed by atoms with Crippen molar-refractivity contribution >= 4 is 34.9 Å². The van der Waals surface area contributed by atoms with Crippen molar-refractivity contribution in [1.29, 1.82) is 5.26 Å². The molecule has 2 aromatic carbocycles. The van der Waals surface area contributed by atoms with Gasteiger partial charge >= 0.3 is 0 Å². The number of hydrogen-bond acceptors (Lipinski definition) is 8. The summed E-state index contributed by atoms with van der Waals surface area (Å²) in [7, 11) is 4.62. The van der Waals surface area contributed by atoms with Gasteiger partial charge in [-0.15, -0.1) is 0 Å². The number of nitrogens with zero attached hydrogens (tertiary/aromatic N) is 3. The minimum Gasteiger partial charge on any atom is -0.493 e. The highest BCUT2D eigenvalue weighted by Crippen LogP contribution is 2.42. The first-order valence-corrected chi connectivity index (χ1v) is 11.0. The lowest BCUT2D eigenvalue weighted by Crippen LogP contribution is -2.05. The molecule has 9 heteroatoms. The Hall–Kier alpha value is -3.15. The van der Waals surface area contributed by atoms with Gasteiger partial charge in [-0.2, -0.15) is 5.26 Å². The van der Waals surface area contributed by atoms with E-state index in [1.54, 1.807) is 38.5 Å². The second-order valence-corrected chi connectivity index (χ2v) is 8.88. The molecule has 0 aliphatic rings. The predicted molar refractivity (Wildman–Crippen MR) is 128 cm³/mol. The number of anilines is 2. The van der Waals surface area contributed by atoms with Gasteiger partial charge in [0.2, 0.25) is 5.75 Å². The molecule has 3 aromatic rings. The number of thioether (sulfide) groups is 1. The van der Waals surface area contributed by atoms with Crippen LogP contribution in [0, 0.1) is 11.3 Å². The second-order valence-electron chi connectivity index (χ2n) is 6.90. The van der Waals surface area contributed by atoms with Crippen LogP contribution in [0.1, 0.15) is 19.4 Å². The van der Waals surface area contributed by atoms with E-state index in [0.717, 1.165) is 5.69 Å². The normalized spacial score (nSPS) is 10.6. The summed E-state index contributed by atoms with van der Waals surface area (Å²) in [4.78, 5) is 9.30. The molecule has 0 spiro atoms. The molecule has 1 N–H and O–H groups in total. The molecule has 7 nitrogen and oxygen atoms in total. The van der Waals surface area contributed by atoms with Crippen LogP contribution in [0.4, 0.5) is 11.5 Å². The van der Waals surface area contributed by atoms with Crippen molar-refractivity contribution < 1.29 is 14.2 Å². The lowest BCUT2D eigenvalue weighted by Gasteiger charge is -2.16. The van der Waals surface area contributed by atoms with Gasteiger partial charge in [-0.1, -0.05) is 37.2 Å². The summed E-state index contributed by atoms with van der Waals surface area (Å²) < 4.78 is 16.4. The largest absolute Gasteiger partial charge is 0.493 e. The maximum Gasteiger partial charge on any atom is 0.203 e. The number of ether oxygens (including phenoxy) is 3. The first kappa shape index (κ1) is 23.5. The molecule has 0 radical (unpaired) electrons. The minimum absolute atomic E-state index is 0.249. The molecular formula is C23H23ClN4O3S. The Labute approximate surface area is 196 Å². The van der Waals surface area contributed by atoms with Gasteiger partial charge in [-0.25, -0.2) is 9.97 Å². The third-order valence-corrected chi connectivity index (χ3v) is 5.50. The summed E-state index contributed by atoms with van der Waals surface area (Å²) in [5.74, 6) is 1.79. The number of halogens is 1. The van der Waals surface area contributed by atoms with Gasteiger partial charge in [0.15, 0.2) is 22.5 Å². The van der Waals surface area contributed by atoms with Crippen LogP contribution in [0.25, 0.3) is 11.3 Å². The Kier molecular flexibility index (Phi) is 7.67. The zero-order chi connectivity index (χ0) is 23.3. The smallest absolute Gasteiger partial charge is 0.203 e. The third-order valence-electron chi connectivity index (χ3n) is 4.39. The summed E-state index contributed by atoms with van der Waals surface area (Å²) >= 11 is 7.50. The van der Waals surface area contributed by atoms with E-state index in [-0.39, 0.29) is 5.25 Å². The number of rotatable bonds is 8. The van der Waals surface area contributed by atoms with Gasteiger partial charge in [0.05, 0.1) is 27.0 Å². The van der Waals surface area contributed by atoms with Crippen LogP contribution in [0.5, 0.6) is 17.2 Å². The number of benzene rings is 2. The average molecular weight is 471 g/mol. The summed E-state index contributed by atoms with van der Waals surface area (Å²) in [5.41, 5.74) is 2.15. The molecular weight excluding hydrogens is 448 g/mol. The van der Waals surface area contributed by atoms with E-state index in [1.807, 2.05) is 12.1 Å². The standard InChI is InChI=1S/C23H23ClN4O3S/c1-13(2)32-23-27-20(14-10-18(29-3)21(31-5)19(11-14)30-4)17(12-25)22(28-23)26-16-8-6-15(24)7-9-16/h6-11,13H,1-5H3,(H,26,27,28). The Balaban J connectivity index is 2.22. The van der Waals surface area contributed by atoms with Crippen LogP contribution >= 0.6 is 23.4 Å². The monoisotopic (exact) mass is 470 g/mol. The van der Waals surface area contributed by atoms with Crippen LogP contribution in [0.2, 0.25) is 5.02 Å². The van der Waals surface area contributed by atoms with E-state index >= 15 is 0 Å². The van der Waals surface area contributed by atoms with Crippen molar-refractivity contribution in [1.82, 2.24) is 9.97 Å². The van der Waals surface area contributed by atoms with E-state index in [2.05, 4.69) is 30.2 Å². The van der Waals surface area contributed by atoms with Crippen LogP contribution < -0.4 is 19.5 Å². The molecule has 0 fully saturated rings. The molecule has 0 unspecified atom stereocenters. The quantitative estimate of drug-likeness (QED) is 0.319. The van der Waals surface area contributed by atoms with Crippen molar-refractivity contribution in [3.8, 4) is 34.6 Å². The molecule has 0 bridgehead atoms. The van der Waals surface area contributed by atoms with E-state index in [4.69, 9.17) is 30.8 Å². The number of aromatic nitrogens is 2. The predicted octanol–water partition coefficient (Wildman–Crippen LogP) is 5.94. The molecule has 1 heterocycles. The van der Waals surface area contributed by atoms with Crippen LogP contribution in [0.3, 0.4) is 0 Å². The summed E-state index contributed by atoms with van der Waals surface area (Å²) in [6.07, 6.45) is 0. The molecule has 0 amide bonds. The van der Waals surface area contributed by atoms with Gasteiger partial charge in [-0.05, 0) is 36.4 Å². The molecule has 0 saturated heterocycles. The van der Waals surface area contributed by atoms with Crippen molar-refractivity contribution in [3.63, 3.8) is 0 Å². The fourth-order valence-electron chi connectivity index (χ4n) is 3.00. The van der Waals surface area contributed by atoms with E-state index in [9.17, 15) is 5.26 Å². The van der Waals surface area contributed by atoms with Crippen molar-refractivity contribution in [2.24, 2.45) is 0 Å². The SMILES string of the molecule is COc1cc(-c2nc(SC(C)C)nc(Nc3ccc(Cl)cc3)c2C#N)cc(OC)c1OC. The van der Waals surface area contributed by atoms with Crippen LogP contribution in [-0.4, -0.2) is 36.5 Å². The number of nitrogens with one attached hydrogen (secondary N) is 1. The van der Waals surface area contributed by atoms with E-state index in [0.29, 0.717) is 50.1 Å². The summed E-state index contributed by atoms with van der Waals surface area (Å²) in [6.45, 7) is 4.11. The van der Waals surface area contributed by atoms with Gasteiger partial charge in [0, 0.05) is 21.5 Å². The molecule has 166 valence electrons. The maximum atomic E-state index is 10.0. The summed E-state index contributed by atoms with van der Waals surface area (Å²) in [5, 5.41) is 14.7. The minimum atomic E-state index is 0.249. The number of nitriles is 1. The lowest BCUT2D eigenvalue weighted by molar-refractivity contribution is 0.324. The molecule has 1 aromatic heterocycles. The van der Waals surface area contributed by atoms with Crippen molar-refractivity contribution in [3.05, 3.63) is 47.0 Å². The zero-order valence-corrected chi connectivity index (χ0v) is 20.0. The fourth-order valence-corrected chi connectivity index (χ4v) is 3.83. The Morgan fingerprint density at radius 1 is 1.00 bits per heavy atom. The van der Waals surface area contributed by atoms with E-state index < -0.39 is 0 Å². The highest BCUT2D eigenvalue weighted by atomic mass is 35.5. The Bertz CT molecular complexity index is 1120. The first-order valence-electron chi connectivity index (χ1n) is 9.71. The molecule has 0 aliphatic heterocycles.